The third kappa shape index (κ3) is 3.49. The third-order valence-corrected chi connectivity index (χ3v) is 4.39. The lowest BCUT2D eigenvalue weighted by Gasteiger charge is -2.38. The van der Waals surface area contributed by atoms with E-state index in [4.69, 9.17) is 9.57 Å². The Morgan fingerprint density at radius 1 is 1.33 bits per heavy atom. The first-order valence-corrected chi connectivity index (χ1v) is 8.05. The third-order valence-electron chi connectivity index (χ3n) is 4.39. The summed E-state index contributed by atoms with van der Waals surface area (Å²) in [5.74, 6) is 0. The smallest absolute Gasteiger partial charge is 0.129 e. The maximum absolute atomic E-state index is 9.36. The lowest BCUT2D eigenvalue weighted by atomic mass is 9.88. The van der Waals surface area contributed by atoms with Gasteiger partial charge in [0.05, 0.1) is 43.7 Å². The van der Waals surface area contributed by atoms with Crippen molar-refractivity contribution < 1.29 is 14.7 Å². The molecular weight excluding hydrogens is 306 g/mol. The number of aromatic nitrogens is 2. The topological polar surface area (TPSA) is 68.9 Å². The summed E-state index contributed by atoms with van der Waals surface area (Å²) in [4.78, 5) is 5.37. The fraction of sp³-hybridized carbons (Fsp3) is 0.444. The van der Waals surface area contributed by atoms with Crippen molar-refractivity contribution in [2.75, 3.05) is 26.4 Å². The highest BCUT2D eigenvalue weighted by Gasteiger charge is 2.39. The second-order valence-corrected chi connectivity index (χ2v) is 6.39. The first-order chi connectivity index (χ1) is 11.6. The van der Waals surface area contributed by atoms with Gasteiger partial charge in [-0.15, -0.1) is 0 Å². The van der Waals surface area contributed by atoms with E-state index in [1.165, 1.54) is 5.56 Å². The Balaban J connectivity index is 1.64. The summed E-state index contributed by atoms with van der Waals surface area (Å²) in [7, 11) is 0. The molecule has 2 heterocycles. The normalized spacial score (nSPS) is 16.3. The zero-order valence-electron chi connectivity index (χ0n) is 14.1. The molecule has 0 bridgehead atoms. The fourth-order valence-corrected chi connectivity index (χ4v) is 2.68. The molecule has 1 aromatic heterocycles. The number of ether oxygens (including phenoxy) is 1. The molecule has 3 rings (SSSR count). The molecule has 1 N–H and O–H groups in total. The van der Waals surface area contributed by atoms with Gasteiger partial charge in [-0.2, -0.15) is 5.10 Å². The highest BCUT2D eigenvalue weighted by atomic mass is 16.6. The van der Waals surface area contributed by atoms with Gasteiger partial charge in [0.25, 0.3) is 0 Å². The molecule has 128 valence electrons. The average molecular weight is 329 g/mol. The Kier molecular flexibility index (Phi) is 4.97. The number of nitrogens with zero attached hydrogens (tertiary/aromatic N) is 3. The molecule has 1 aromatic carbocycles. The zero-order valence-corrected chi connectivity index (χ0v) is 14.1. The summed E-state index contributed by atoms with van der Waals surface area (Å²) in [6, 6.07) is 10.2. The monoisotopic (exact) mass is 329 g/mol. The molecule has 1 aliphatic rings. The van der Waals surface area contributed by atoms with Crippen LogP contribution in [0.15, 0.2) is 35.5 Å². The van der Waals surface area contributed by atoms with Gasteiger partial charge in [-0.05, 0) is 19.4 Å². The second kappa shape index (κ2) is 7.15. The summed E-state index contributed by atoms with van der Waals surface area (Å²) >= 11 is 0. The van der Waals surface area contributed by atoms with E-state index in [1.807, 2.05) is 36.7 Å². The summed E-state index contributed by atoms with van der Waals surface area (Å²) in [6.45, 7) is 6.17. The lowest BCUT2D eigenvalue weighted by molar-refractivity contribution is -0.168. The van der Waals surface area contributed by atoms with E-state index in [2.05, 4.69) is 22.4 Å². The van der Waals surface area contributed by atoms with Crippen molar-refractivity contribution in [3.8, 4) is 0 Å². The van der Waals surface area contributed by atoms with Crippen LogP contribution in [0.4, 0.5) is 0 Å². The van der Waals surface area contributed by atoms with Crippen molar-refractivity contribution in [1.82, 2.24) is 9.78 Å². The van der Waals surface area contributed by atoms with Crippen molar-refractivity contribution in [1.29, 1.82) is 0 Å². The molecule has 0 spiro atoms. The Morgan fingerprint density at radius 2 is 2.08 bits per heavy atom. The number of aryl methyl sites for hydroxylation is 1. The number of oxime groups is 1. The van der Waals surface area contributed by atoms with E-state index in [0.717, 1.165) is 23.5 Å². The maximum Gasteiger partial charge on any atom is 0.129 e. The van der Waals surface area contributed by atoms with Crippen LogP contribution < -0.4 is 0 Å². The Hall–Kier alpha value is -2.18. The standard InChI is InChI=1S/C18H23N3O3/c1-14-17(8-19-24-13-18(10-22)11-23-12-18)15(2)21(20-14)9-16-6-4-3-5-7-16/h3-8,22H,9-13H2,1-2H3/b19-8+. The molecule has 0 radical (unpaired) electrons. The van der Waals surface area contributed by atoms with Crippen LogP contribution in [0.5, 0.6) is 0 Å². The fourth-order valence-electron chi connectivity index (χ4n) is 2.68. The number of rotatable bonds is 7. The van der Waals surface area contributed by atoms with Gasteiger partial charge in [-0.3, -0.25) is 4.68 Å². The van der Waals surface area contributed by atoms with Gasteiger partial charge in [-0.25, -0.2) is 0 Å². The number of aliphatic hydroxyl groups excluding tert-OH is 1. The van der Waals surface area contributed by atoms with Crippen molar-refractivity contribution >= 4 is 6.21 Å². The molecular formula is C18H23N3O3. The van der Waals surface area contributed by atoms with Gasteiger partial charge in [-0.1, -0.05) is 35.5 Å². The van der Waals surface area contributed by atoms with Crippen LogP contribution in [0.3, 0.4) is 0 Å². The minimum Gasteiger partial charge on any atom is -0.395 e. The van der Waals surface area contributed by atoms with E-state index in [9.17, 15) is 5.11 Å². The number of aliphatic hydroxyl groups is 1. The molecule has 2 aromatic rings. The average Bonchev–Trinajstić information content (AvgIpc) is 2.81. The summed E-state index contributed by atoms with van der Waals surface area (Å²) < 4.78 is 7.11. The Bertz CT molecular complexity index is 700. The largest absolute Gasteiger partial charge is 0.395 e. The predicted molar refractivity (Wildman–Crippen MR) is 91.1 cm³/mol. The number of hydrogen-bond acceptors (Lipinski definition) is 5. The number of hydrogen-bond donors (Lipinski definition) is 1. The van der Waals surface area contributed by atoms with E-state index >= 15 is 0 Å². The van der Waals surface area contributed by atoms with Crippen LogP contribution in [0, 0.1) is 19.3 Å². The van der Waals surface area contributed by atoms with Gasteiger partial charge in [0.1, 0.15) is 6.61 Å². The Labute approximate surface area is 141 Å². The lowest BCUT2D eigenvalue weighted by Crippen LogP contribution is -2.48. The number of benzene rings is 1. The maximum atomic E-state index is 9.36. The molecule has 24 heavy (non-hydrogen) atoms. The van der Waals surface area contributed by atoms with Crippen molar-refractivity contribution in [2.24, 2.45) is 10.6 Å². The summed E-state index contributed by atoms with van der Waals surface area (Å²) in [5, 5.41) is 18.0. The molecule has 1 saturated heterocycles. The first-order valence-electron chi connectivity index (χ1n) is 8.05. The van der Waals surface area contributed by atoms with Crippen LogP contribution in [0.25, 0.3) is 0 Å². The second-order valence-electron chi connectivity index (χ2n) is 6.39. The van der Waals surface area contributed by atoms with Crippen LogP contribution in [-0.4, -0.2) is 47.5 Å². The van der Waals surface area contributed by atoms with Crippen LogP contribution in [0.1, 0.15) is 22.5 Å². The highest BCUT2D eigenvalue weighted by Crippen LogP contribution is 2.27. The van der Waals surface area contributed by atoms with E-state index in [1.54, 1.807) is 6.21 Å². The molecule has 6 heteroatoms. The molecule has 6 nitrogen and oxygen atoms in total. The van der Waals surface area contributed by atoms with Gasteiger partial charge >= 0.3 is 0 Å². The molecule has 0 aliphatic carbocycles. The van der Waals surface area contributed by atoms with E-state index < -0.39 is 0 Å². The predicted octanol–water partition coefficient (Wildman–Crippen LogP) is 1.91. The van der Waals surface area contributed by atoms with Crippen LogP contribution in [-0.2, 0) is 16.1 Å². The first kappa shape index (κ1) is 16.7. The molecule has 0 amide bonds. The van der Waals surface area contributed by atoms with Crippen molar-refractivity contribution in [3.05, 3.63) is 52.8 Å². The highest BCUT2D eigenvalue weighted by molar-refractivity contribution is 5.82. The van der Waals surface area contributed by atoms with Crippen LogP contribution in [0.2, 0.25) is 0 Å². The molecule has 1 aliphatic heterocycles. The quantitative estimate of drug-likeness (QED) is 0.622. The zero-order chi connectivity index (χ0) is 17.0. The molecule has 0 atom stereocenters. The summed E-state index contributed by atoms with van der Waals surface area (Å²) in [6.07, 6.45) is 1.70. The van der Waals surface area contributed by atoms with Crippen LogP contribution >= 0.6 is 0 Å². The van der Waals surface area contributed by atoms with Gasteiger partial charge in [0.15, 0.2) is 0 Å². The van der Waals surface area contributed by atoms with E-state index in [0.29, 0.717) is 19.8 Å². The molecule has 0 unspecified atom stereocenters. The van der Waals surface area contributed by atoms with E-state index in [-0.39, 0.29) is 12.0 Å². The van der Waals surface area contributed by atoms with Crippen molar-refractivity contribution in [3.63, 3.8) is 0 Å². The minimum atomic E-state index is -0.293. The van der Waals surface area contributed by atoms with Gasteiger partial charge in [0.2, 0.25) is 0 Å². The molecule has 0 saturated carbocycles. The minimum absolute atomic E-state index is 0.0512. The van der Waals surface area contributed by atoms with Crippen molar-refractivity contribution in [2.45, 2.75) is 20.4 Å². The van der Waals surface area contributed by atoms with Gasteiger partial charge in [0, 0.05) is 11.3 Å². The summed E-state index contributed by atoms with van der Waals surface area (Å²) in [5.41, 5.74) is 3.84. The Morgan fingerprint density at radius 3 is 2.71 bits per heavy atom. The van der Waals surface area contributed by atoms with Gasteiger partial charge < -0.3 is 14.7 Å². The SMILES string of the molecule is Cc1nn(Cc2ccccc2)c(C)c1/C=N/OCC1(CO)COC1. The molecule has 1 fully saturated rings.